The molecule has 1 aliphatic carbocycles. The van der Waals surface area contributed by atoms with E-state index in [1.54, 1.807) is 12.4 Å². The molecule has 0 bridgehead atoms. The Balaban J connectivity index is 1.73. The van der Waals surface area contributed by atoms with E-state index in [1.165, 1.54) is 11.1 Å². The Kier molecular flexibility index (Phi) is 3.40. The average Bonchev–Trinajstić information content (AvgIpc) is 2.79. The summed E-state index contributed by atoms with van der Waals surface area (Å²) in [5, 5.41) is 0.630. The third-order valence-electron chi connectivity index (χ3n) is 3.49. The topological polar surface area (TPSA) is 48.1 Å². The number of hydrogen-bond donors (Lipinski definition) is 1. The Morgan fingerprint density at radius 2 is 2.26 bits per heavy atom. The van der Waals surface area contributed by atoms with E-state index in [9.17, 15) is 0 Å². The van der Waals surface area contributed by atoms with Gasteiger partial charge in [0.05, 0.1) is 5.02 Å². The van der Waals surface area contributed by atoms with E-state index in [2.05, 4.69) is 17.1 Å². The van der Waals surface area contributed by atoms with Crippen LogP contribution in [-0.2, 0) is 13.0 Å². The number of fused-ring (bicyclic) bond motifs is 1. The first-order chi connectivity index (χ1) is 9.24. The summed E-state index contributed by atoms with van der Waals surface area (Å²) in [7, 11) is 0. The van der Waals surface area contributed by atoms with Crippen LogP contribution >= 0.6 is 11.6 Å². The summed E-state index contributed by atoms with van der Waals surface area (Å²) in [5.41, 5.74) is 9.50. The number of aryl methyl sites for hydroxylation is 1. The van der Waals surface area contributed by atoms with Crippen molar-refractivity contribution in [3.63, 3.8) is 0 Å². The number of benzene rings is 1. The Morgan fingerprint density at radius 3 is 3.11 bits per heavy atom. The summed E-state index contributed by atoms with van der Waals surface area (Å²) in [4.78, 5) is 3.95. The SMILES string of the molecule is NC1CCc2cc(OCc3ccncc3Cl)ccc21. The molecule has 0 fully saturated rings. The molecule has 4 heteroatoms. The third kappa shape index (κ3) is 2.57. The maximum absolute atomic E-state index is 6.04. The third-order valence-corrected chi connectivity index (χ3v) is 3.83. The molecule has 19 heavy (non-hydrogen) atoms. The summed E-state index contributed by atoms with van der Waals surface area (Å²) in [5.74, 6) is 0.862. The van der Waals surface area contributed by atoms with Crippen molar-refractivity contribution in [3.05, 3.63) is 58.4 Å². The minimum atomic E-state index is 0.179. The monoisotopic (exact) mass is 274 g/mol. The number of pyridine rings is 1. The average molecular weight is 275 g/mol. The number of hydrogen-bond acceptors (Lipinski definition) is 3. The van der Waals surface area contributed by atoms with Gasteiger partial charge in [-0.3, -0.25) is 4.98 Å². The van der Waals surface area contributed by atoms with E-state index in [4.69, 9.17) is 22.1 Å². The first kappa shape index (κ1) is 12.5. The highest BCUT2D eigenvalue weighted by atomic mass is 35.5. The fourth-order valence-electron chi connectivity index (χ4n) is 2.40. The molecule has 0 spiro atoms. The lowest BCUT2D eigenvalue weighted by Gasteiger charge is -2.10. The van der Waals surface area contributed by atoms with Crippen LogP contribution in [0.3, 0.4) is 0 Å². The highest BCUT2D eigenvalue weighted by Gasteiger charge is 2.19. The van der Waals surface area contributed by atoms with Gasteiger partial charge in [0.15, 0.2) is 0 Å². The molecule has 2 N–H and O–H groups in total. The van der Waals surface area contributed by atoms with Gasteiger partial charge in [-0.15, -0.1) is 0 Å². The largest absolute Gasteiger partial charge is 0.489 e. The molecule has 1 heterocycles. The standard InChI is InChI=1S/C15H15ClN2O/c16-14-8-18-6-5-11(14)9-19-12-2-3-13-10(7-12)1-4-15(13)17/h2-3,5-8,15H,1,4,9,17H2. The molecule has 0 aliphatic heterocycles. The van der Waals surface area contributed by atoms with Gasteiger partial charge in [-0.05, 0) is 42.2 Å². The molecule has 0 radical (unpaired) electrons. The van der Waals surface area contributed by atoms with E-state index in [0.29, 0.717) is 11.6 Å². The van der Waals surface area contributed by atoms with E-state index >= 15 is 0 Å². The summed E-state index contributed by atoms with van der Waals surface area (Å²) >= 11 is 6.04. The fraction of sp³-hybridized carbons (Fsp3) is 0.267. The molecule has 3 rings (SSSR count). The molecule has 3 nitrogen and oxygen atoms in total. The van der Waals surface area contributed by atoms with Gasteiger partial charge in [0.2, 0.25) is 0 Å². The van der Waals surface area contributed by atoms with Crippen LogP contribution < -0.4 is 10.5 Å². The summed E-state index contributed by atoms with van der Waals surface area (Å²) in [6.45, 7) is 0.451. The van der Waals surface area contributed by atoms with Crippen molar-refractivity contribution >= 4 is 11.6 Å². The lowest BCUT2D eigenvalue weighted by Crippen LogP contribution is -2.05. The predicted octanol–water partition coefficient (Wildman–Crippen LogP) is 3.26. The molecule has 0 saturated carbocycles. The molecule has 1 unspecified atom stereocenters. The number of ether oxygens (including phenoxy) is 1. The second kappa shape index (κ2) is 5.19. The van der Waals surface area contributed by atoms with Gasteiger partial charge < -0.3 is 10.5 Å². The van der Waals surface area contributed by atoms with Gasteiger partial charge in [-0.1, -0.05) is 17.7 Å². The van der Waals surface area contributed by atoms with Crippen LogP contribution in [0.15, 0.2) is 36.7 Å². The van der Waals surface area contributed by atoms with E-state index in [-0.39, 0.29) is 6.04 Å². The molecule has 2 aromatic rings. The summed E-state index contributed by atoms with van der Waals surface area (Å²) in [6, 6.07) is 8.16. The summed E-state index contributed by atoms with van der Waals surface area (Å²) in [6.07, 6.45) is 5.40. The Morgan fingerprint density at radius 1 is 1.37 bits per heavy atom. The maximum Gasteiger partial charge on any atom is 0.120 e. The van der Waals surface area contributed by atoms with Crippen LogP contribution in [0.1, 0.15) is 29.2 Å². The van der Waals surface area contributed by atoms with Crippen molar-refractivity contribution in [2.45, 2.75) is 25.5 Å². The number of rotatable bonds is 3. The number of halogens is 1. The van der Waals surface area contributed by atoms with Crippen molar-refractivity contribution in [1.29, 1.82) is 0 Å². The first-order valence-corrected chi connectivity index (χ1v) is 6.71. The molecule has 1 aliphatic rings. The molecular weight excluding hydrogens is 260 g/mol. The van der Waals surface area contributed by atoms with E-state index in [1.807, 2.05) is 12.1 Å². The highest BCUT2D eigenvalue weighted by molar-refractivity contribution is 6.31. The van der Waals surface area contributed by atoms with E-state index in [0.717, 1.165) is 24.2 Å². The molecular formula is C15H15ClN2O. The van der Waals surface area contributed by atoms with Crippen LogP contribution in [0, 0.1) is 0 Å². The minimum absolute atomic E-state index is 0.179. The number of aromatic nitrogens is 1. The van der Waals surface area contributed by atoms with Crippen molar-refractivity contribution in [1.82, 2.24) is 4.98 Å². The molecule has 1 aromatic carbocycles. The molecule has 1 aromatic heterocycles. The molecule has 0 amide bonds. The second-order valence-corrected chi connectivity index (χ2v) is 5.17. The Labute approximate surface area is 117 Å². The number of nitrogens with two attached hydrogens (primary N) is 1. The van der Waals surface area contributed by atoms with Crippen molar-refractivity contribution in [2.75, 3.05) is 0 Å². The van der Waals surface area contributed by atoms with Crippen LogP contribution in [0.2, 0.25) is 5.02 Å². The van der Waals surface area contributed by atoms with Gasteiger partial charge in [0, 0.05) is 24.0 Å². The molecule has 98 valence electrons. The van der Waals surface area contributed by atoms with Crippen molar-refractivity contribution in [2.24, 2.45) is 5.73 Å². The van der Waals surface area contributed by atoms with Gasteiger partial charge >= 0.3 is 0 Å². The Hall–Kier alpha value is -1.58. The van der Waals surface area contributed by atoms with Gasteiger partial charge in [0.25, 0.3) is 0 Å². The van der Waals surface area contributed by atoms with Crippen LogP contribution in [0.5, 0.6) is 5.75 Å². The minimum Gasteiger partial charge on any atom is -0.489 e. The van der Waals surface area contributed by atoms with Gasteiger partial charge in [-0.25, -0.2) is 0 Å². The quantitative estimate of drug-likeness (QED) is 0.934. The van der Waals surface area contributed by atoms with Crippen LogP contribution in [0.25, 0.3) is 0 Å². The Bertz CT molecular complexity index is 600. The van der Waals surface area contributed by atoms with Gasteiger partial charge in [-0.2, -0.15) is 0 Å². The maximum atomic E-state index is 6.04. The predicted molar refractivity (Wildman–Crippen MR) is 75.3 cm³/mol. The lowest BCUT2D eigenvalue weighted by atomic mass is 10.1. The van der Waals surface area contributed by atoms with E-state index < -0.39 is 0 Å². The van der Waals surface area contributed by atoms with Crippen LogP contribution in [0.4, 0.5) is 0 Å². The highest BCUT2D eigenvalue weighted by Crippen LogP contribution is 2.32. The number of nitrogens with zero attached hydrogens (tertiary/aromatic N) is 1. The normalized spacial score (nSPS) is 17.3. The lowest BCUT2D eigenvalue weighted by molar-refractivity contribution is 0.306. The fourth-order valence-corrected chi connectivity index (χ4v) is 2.57. The zero-order valence-electron chi connectivity index (χ0n) is 10.5. The smallest absolute Gasteiger partial charge is 0.120 e. The second-order valence-electron chi connectivity index (χ2n) is 4.76. The first-order valence-electron chi connectivity index (χ1n) is 6.33. The zero-order valence-corrected chi connectivity index (χ0v) is 11.2. The zero-order chi connectivity index (χ0) is 13.2. The van der Waals surface area contributed by atoms with Crippen LogP contribution in [-0.4, -0.2) is 4.98 Å². The molecule has 0 saturated heterocycles. The van der Waals surface area contributed by atoms with Crippen molar-refractivity contribution in [3.8, 4) is 5.75 Å². The molecule has 1 atom stereocenters. The summed E-state index contributed by atoms with van der Waals surface area (Å²) < 4.78 is 5.78. The van der Waals surface area contributed by atoms with Crippen molar-refractivity contribution < 1.29 is 4.74 Å². The van der Waals surface area contributed by atoms with Gasteiger partial charge in [0.1, 0.15) is 12.4 Å².